The smallest absolute Gasteiger partial charge is 0.273 e. The number of aryl methyl sites for hydroxylation is 1. The number of hydrogen-bond donors (Lipinski definition) is 1. The second-order valence-corrected chi connectivity index (χ2v) is 7.81. The minimum Gasteiger partial charge on any atom is -0.279 e. The fraction of sp³-hybridized carbons (Fsp3) is 0.0769. The summed E-state index contributed by atoms with van der Waals surface area (Å²) in [5.41, 5.74) is 1.66. The van der Waals surface area contributed by atoms with Gasteiger partial charge in [0, 0.05) is 17.3 Å². The van der Waals surface area contributed by atoms with Gasteiger partial charge in [0.1, 0.15) is 0 Å². The Bertz CT molecular complexity index is 922. The molecule has 2 heterocycles. The molecule has 3 aromatic rings. The molecule has 0 unspecified atom stereocenters. The number of pyridine rings is 1. The van der Waals surface area contributed by atoms with Crippen LogP contribution >= 0.6 is 22.9 Å². The van der Waals surface area contributed by atoms with Crippen molar-refractivity contribution in [1.82, 2.24) is 9.97 Å². The Labute approximate surface area is 130 Å². The van der Waals surface area contributed by atoms with Crippen LogP contribution in [0.1, 0.15) is 5.69 Å². The highest BCUT2D eigenvalue weighted by atomic mass is 35.5. The predicted molar refractivity (Wildman–Crippen MR) is 84.4 cm³/mol. The van der Waals surface area contributed by atoms with Crippen LogP contribution in [0.5, 0.6) is 0 Å². The van der Waals surface area contributed by atoms with E-state index in [1.165, 1.54) is 0 Å². The third-order valence-electron chi connectivity index (χ3n) is 2.83. The number of hydrogen-bond acceptors (Lipinski definition) is 5. The van der Waals surface area contributed by atoms with Crippen molar-refractivity contribution in [2.45, 2.75) is 11.1 Å². The SMILES string of the molecule is Cc1nc(Cl)sc1S(=O)(=O)Nc1ccc2ncccc2c1. The molecule has 0 spiro atoms. The van der Waals surface area contributed by atoms with Crippen molar-refractivity contribution >= 4 is 49.6 Å². The molecule has 0 fully saturated rings. The summed E-state index contributed by atoms with van der Waals surface area (Å²) in [5, 5.41) is 0.858. The van der Waals surface area contributed by atoms with Gasteiger partial charge in [0.2, 0.25) is 0 Å². The predicted octanol–water partition coefficient (Wildman–Crippen LogP) is 3.45. The third-order valence-corrected chi connectivity index (χ3v) is 6.08. The first kappa shape index (κ1) is 14.2. The van der Waals surface area contributed by atoms with Crippen molar-refractivity contribution in [2.75, 3.05) is 4.72 Å². The molecule has 2 aromatic heterocycles. The average Bonchev–Trinajstić information content (AvgIpc) is 2.78. The van der Waals surface area contributed by atoms with Gasteiger partial charge in [-0.3, -0.25) is 9.71 Å². The number of anilines is 1. The molecule has 108 valence electrons. The van der Waals surface area contributed by atoms with Crippen molar-refractivity contribution < 1.29 is 8.42 Å². The first-order valence-corrected chi connectivity index (χ1v) is 8.64. The molecule has 0 aliphatic carbocycles. The maximum absolute atomic E-state index is 12.4. The van der Waals surface area contributed by atoms with E-state index in [-0.39, 0.29) is 8.68 Å². The Morgan fingerprint density at radius 3 is 2.81 bits per heavy atom. The normalized spacial score (nSPS) is 11.7. The van der Waals surface area contributed by atoms with Crippen molar-refractivity contribution in [1.29, 1.82) is 0 Å². The van der Waals surface area contributed by atoms with Crippen LogP contribution in [0.2, 0.25) is 4.47 Å². The lowest BCUT2D eigenvalue weighted by molar-refractivity contribution is 0.602. The maximum Gasteiger partial charge on any atom is 0.273 e. The van der Waals surface area contributed by atoms with Crippen molar-refractivity contribution in [3.63, 3.8) is 0 Å². The Hall–Kier alpha value is -1.70. The molecule has 1 N–H and O–H groups in total. The Kier molecular flexibility index (Phi) is 3.56. The summed E-state index contributed by atoms with van der Waals surface area (Å²) in [6.45, 7) is 1.61. The lowest BCUT2D eigenvalue weighted by Gasteiger charge is -2.07. The van der Waals surface area contributed by atoms with Crippen molar-refractivity contribution in [2.24, 2.45) is 0 Å². The standard InChI is InChI=1S/C13H10ClN3O2S2/c1-8-12(20-13(14)16-8)21(18,19)17-10-4-5-11-9(7-10)3-2-6-15-11/h2-7,17H,1H3. The molecule has 0 saturated carbocycles. The van der Waals surface area contributed by atoms with Gasteiger partial charge in [-0.15, -0.1) is 0 Å². The van der Waals surface area contributed by atoms with E-state index < -0.39 is 10.0 Å². The van der Waals surface area contributed by atoms with Crippen LogP contribution in [-0.2, 0) is 10.0 Å². The molecule has 3 rings (SSSR count). The summed E-state index contributed by atoms with van der Waals surface area (Å²) < 4.78 is 27.6. The second-order valence-electron chi connectivity index (χ2n) is 4.36. The highest BCUT2D eigenvalue weighted by Crippen LogP contribution is 2.29. The van der Waals surface area contributed by atoms with E-state index in [9.17, 15) is 8.42 Å². The number of halogens is 1. The number of nitrogens with zero attached hydrogens (tertiary/aromatic N) is 2. The van der Waals surface area contributed by atoms with Crippen LogP contribution in [-0.4, -0.2) is 18.4 Å². The molecule has 8 heteroatoms. The minimum atomic E-state index is -3.69. The van der Waals surface area contributed by atoms with Crippen LogP contribution in [0.4, 0.5) is 5.69 Å². The van der Waals surface area contributed by atoms with Gasteiger partial charge in [-0.2, -0.15) is 0 Å². The first-order valence-electron chi connectivity index (χ1n) is 5.96. The van der Waals surface area contributed by atoms with Crippen molar-refractivity contribution in [3.05, 3.63) is 46.7 Å². The Balaban J connectivity index is 1.99. The largest absolute Gasteiger partial charge is 0.279 e. The number of aromatic nitrogens is 2. The molecule has 0 saturated heterocycles. The fourth-order valence-corrected chi connectivity index (χ4v) is 4.73. The van der Waals surface area contributed by atoms with E-state index in [4.69, 9.17) is 11.6 Å². The molecule has 0 aliphatic heterocycles. The zero-order chi connectivity index (χ0) is 15.0. The maximum atomic E-state index is 12.4. The first-order chi connectivity index (χ1) is 9.95. The monoisotopic (exact) mass is 339 g/mol. The van der Waals surface area contributed by atoms with E-state index in [0.717, 1.165) is 22.2 Å². The van der Waals surface area contributed by atoms with E-state index in [2.05, 4.69) is 14.7 Å². The Morgan fingerprint density at radius 1 is 1.29 bits per heavy atom. The summed E-state index contributed by atoms with van der Waals surface area (Å²) >= 11 is 6.70. The molecule has 0 radical (unpaired) electrons. The summed E-state index contributed by atoms with van der Waals surface area (Å²) in [6, 6.07) is 8.84. The molecular formula is C13H10ClN3O2S2. The third kappa shape index (κ3) is 2.85. The van der Waals surface area contributed by atoms with Gasteiger partial charge in [-0.1, -0.05) is 29.0 Å². The van der Waals surface area contributed by atoms with Gasteiger partial charge in [0.05, 0.1) is 11.2 Å². The van der Waals surface area contributed by atoms with E-state index in [0.29, 0.717) is 11.4 Å². The lowest BCUT2D eigenvalue weighted by atomic mass is 10.2. The molecule has 0 aliphatic rings. The zero-order valence-electron chi connectivity index (χ0n) is 10.9. The number of fused-ring (bicyclic) bond motifs is 1. The fourth-order valence-electron chi connectivity index (χ4n) is 1.94. The number of thiazole rings is 1. The van der Waals surface area contributed by atoms with Gasteiger partial charge in [-0.25, -0.2) is 13.4 Å². The van der Waals surface area contributed by atoms with Crippen LogP contribution in [0.3, 0.4) is 0 Å². The van der Waals surface area contributed by atoms with Gasteiger partial charge < -0.3 is 0 Å². The number of benzene rings is 1. The zero-order valence-corrected chi connectivity index (χ0v) is 13.3. The summed E-state index contributed by atoms with van der Waals surface area (Å²) in [4.78, 5) is 8.12. The van der Waals surface area contributed by atoms with E-state index in [1.807, 2.05) is 6.07 Å². The van der Waals surface area contributed by atoms with Crippen molar-refractivity contribution in [3.8, 4) is 0 Å². The molecular weight excluding hydrogens is 330 g/mol. The molecule has 21 heavy (non-hydrogen) atoms. The van der Waals surface area contributed by atoms with E-state index in [1.54, 1.807) is 37.4 Å². The van der Waals surface area contributed by atoms with Crippen LogP contribution < -0.4 is 4.72 Å². The summed E-state index contributed by atoms with van der Waals surface area (Å²) in [5.74, 6) is 0. The molecule has 1 aromatic carbocycles. The molecule has 0 amide bonds. The summed E-state index contributed by atoms with van der Waals surface area (Å²) in [7, 11) is -3.69. The highest BCUT2D eigenvalue weighted by molar-refractivity contribution is 7.94. The highest BCUT2D eigenvalue weighted by Gasteiger charge is 2.21. The minimum absolute atomic E-state index is 0.124. The van der Waals surface area contributed by atoms with Gasteiger partial charge in [-0.05, 0) is 31.2 Å². The molecule has 0 atom stereocenters. The van der Waals surface area contributed by atoms with Gasteiger partial charge in [0.15, 0.2) is 8.68 Å². The number of rotatable bonds is 3. The summed E-state index contributed by atoms with van der Waals surface area (Å²) in [6.07, 6.45) is 1.69. The van der Waals surface area contributed by atoms with E-state index >= 15 is 0 Å². The van der Waals surface area contributed by atoms with Gasteiger partial charge in [0.25, 0.3) is 10.0 Å². The second kappa shape index (κ2) is 5.25. The average molecular weight is 340 g/mol. The van der Waals surface area contributed by atoms with Gasteiger partial charge >= 0.3 is 0 Å². The Morgan fingerprint density at radius 2 is 2.10 bits per heavy atom. The molecule has 5 nitrogen and oxygen atoms in total. The van der Waals surface area contributed by atoms with Crippen LogP contribution in [0.25, 0.3) is 10.9 Å². The number of nitrogens with one attached hydrogen (secondary N) is 1. The number of sulfonamides is 1. The quantitative estimate of drug-likeness (QED) is 0.793. The topological polar surface area (TPSA) is 72.0 Å². The van der Waals surface area contributed by atoms with Crippen LogP contribution in [0, 0.1) is 6.92 Å². The van der Waals surface area contributed by atoms with Crippen LogP contribution in [0.15, 0.2) is 40.7 Å². The molecule has 0 bridgehead atoms. The lowest BCUT2D eigenvalue weighted by Crippen LogP contribution is -2.12.